The Bertz CT molecular complexity index is 493. The average Bonchev–Trinajstić information content (AvgIpc) is 2.98. The molecular formula is C13H23N3O3S. The Hall–Kier alpha value is -0.890. The summed E-state index contributed by atoms with van der Waals surface area (Å²) in [4.78, 5) is 2.26. The van der Waals surface area contributed by atoms with Gasteiger partial charge in [0.05, 0.1) is 12.3 Å². The smallest absolute Gasteiger partial charge is 0.277 e. The number of nitrogens with one attached hydrogen (secondary N) is 2. The first-order chi connectivity index (χ1) is 9.48. The Kier molecular flexibility index (Phi) is 5.20. The molecule has 0 amide bonds. The molecule has 7 heteroatoms. The topological polar surface area (TPSA) is 74.6 Å². The van der Waals surface area contributed by atoms with E-state index in [0.29, 0.717) is 6.54 Å². The highest BCUT2D eigenvalue weighted by Crippen LogP contribution is 2.24. The lowest BCUT2D eigenvalue weighted by atomic mass is 10.2. The van der Waals surface area contributed by atoms with Gasteiger partial charge in [-0.25, -0.2) is 4.72 Å². The third-order valence-electron chi connectivity index (χ3n) is 3.31. The van der Waals surface area contributed by atoms with Gasteiger partial charge in [-0.1, -0.05) is 0 Å². The predicted molar refractivity (Wildman–Crippen MR) is 77.5 cm³/mol. The van der Waals surface area contributed by atoms with Crippen LogP contribution in [0.3, 0.4) is 0 Å². The fourth-order valence-electron chi connectivity index (χ4n) is 2.48. The fourth-order valence-corrected chi connectivity index (χ4v) is 3.57. The van der Waals surface area contributed by atoms with E-state index in [2.05, 4.69) is 14.3 Å². The maximum atomic E-state index is 11.9. The fraction of sp³-hybridized carbons (Fsp3) is 0.692. The maximum Gasteiger partial charge on any atom is 0.277 e. The zero-order valence-electron chi connectivity index (χ0n) is 12.0. The molecule has 2 N–H and O–H groups in total. The molecule has 20 heavy (non-hydrogen) atoms. The van der Waals surface area contributed by atoms with Crippen LogP contribution in [0.1, 0.15) is 38.5 Å². The Labute approximate surface area is 120 Å². The van der Waals surface area contributed by atoms with Crippen LogP contribution in [0.5, 0.6) is 0 Å². The van der Waals surface area contributed by atoms with Crippen LogP contribution in [0.25, 0.3) is 0 Å². The minimum atomic E-state index is -3.46. The van der Waals surface area contributed by atoms with E-state index in [1.54, 1.807) is 20.1 Å². The van der Waals surface area contributed by atoms with Gasteiger partial charge >= 0.3 is 0 Å². The Morgan fingerprint density at radius 3 is 2.60 bits per heavy atom. The Morgan fingerprint density at radius 2 is 2.05 bits per heavy atom. The van der Waals surface area contributed by atoms with Crippen LogP contribution in [0.2, 0.25) is 0 Å². The zero-order valence-corrected chi connectivity index (χ0v) is 12.8. The summed E-state index contributed by atoms with van der Waals surface area (Å²) in [5.74, 6) is 0.805. The molecule has 1 aromatic heterocycles. The summed E-state index contributed by atoms with van der Waals surface area (Å²) in [6.45, 7) is 5.86. The number of hydrogen-bond acceptors (Lipinski definition) is 4. The van der Waals surface area contributed by atoms with Crippen molar-refractivity contribution in [2.45, 2.75) is 38.8 Å². The Morgan fingerprint density at radius 1 is 1.35 bits per heavy atom. The van der Waals surface area contributed by atoms with Crippen LogP contribution in [0.15, 0.2) is 22.8 Å². The van der Waals surface area contributed by atoms with Gasteiger partial charge in [0.1, 0.15) is 5.76 Å². The van der Waals surface area contributed by atoms with E-state index in [4.69, 9.17) is 4.42 Å². The van der Waals surface area contributed by atoms with Gasteiger partial charge in [-0.05, 0) is 51.9 Å². The summed E-state index contributed by atoms with van der Waals surface area (Å²) >= 11 is 0. The standard InChI is InChI=1S/C13H23N3O3S/c1-11(2)15-20(17,18)14-10-12(13-6-5-9-19-13)16-7-3-4-8-16/h5-6,9,11-12,14-15H,3-4,7-8,10H2,1-2H3. The lowest BCUT2D eigenvalue weighted by molar-refractivity contribution is 0.216. The number of nitrogens with zero attached hydrogens (tertiary/aromatic N) is 1. The second kappa shape index (κ2) is 6.71. The molecule has 1 aliphatic rings. The van der Waals surface area contributed by atoms with Gasteiger partial charge in [0.2, 0.25) is 0 Å². The predicted octanol–water partition coefficient (Wildman–Crippen LogP) is 1.25. The molecule has 0 aromatic carbocycles. The van der Waals surface area contributed by atoms with Gasteiger partial charge in [0, 0.05) is 12.6 Å². The molecule has 1 aromatic rings. The van der Waals surface area contributed by atoms with Crippen molar-refractivity contribution in [2.75, 3.05) is 19.6 Å². The van der Waals surface area contributed by atoms with Crippen molar-refractivity contribution in [1.82, 2.24) is 14.3 Å². The van der Waals surface area contributed by atoms with Crippen molar-refractivity contribution < 1.29 is 12.8 Å². The van der Waals surface area contributed by atoms with E-state index in [1.807, 2.05) is 12.1 Å². The first-order valence-electron chi connectivity index (χ1n) is 7.02. The van der Waals surface area contributed by atoms with Gasteiger partial charge in [0.25, 0.3) is 10.2 Å². The maximum absolute atomic E-state index is 11.9. The first-order valence-corrected chi connectivity index (χ1v) is 8.50. The minimum Gasteiger partial charge on any atom is -0.468 e. The van der Waals surface area contributed by atoms with E-state index in [1.165, 1.54) is 0 Å². The van der Waals surface area contributed by atoms with Gasteiger partial charge in [-0.3, -0.25) is 4.90 Å². The second-order valence-electron chi connectivity index (χ2n) is 5.40. The molecule has 2 heterocycles. The molecule has 0 bridgehead atoms. The Balaban J connectivity index is 2.01. The highest BCUT2D eigenvalue weighted by Gasteiger charge is 2.27. The van der Waals surface area contributed by atoms with E-state index in [9.17, 15) is 8.42 Å². The number of hydrogen-bond donors (Lipinski definition) is 2. The van der Waals surface area contributed by atoms with Gasteiger partial charge in [-0.2, -0.15) is 13.1 Å². The summed E-state index contributed by atoms with van der Waals surface area (Å²) in [6.07, 6.45) is 3.92. The highest BCUT2D eigenvalue weighted by atomic mass is 32.2. The zero-order chi connectivity index (χ0) is 14.6. The average molecular weight is 301 g/mol. The third-order valence-corrected chi connectivity index (χ3v) is 4.64. The summed E-state index contributed by atoms with van der Waals surface area (Å²) in [5.41, 5.74) is 0. The van der Waals surface area contributed by atoms with Crippen LogP contribution < -0.4 is 9.44 Å². The molecular weight excluding hydrogens is 278 g/mol. The normalized spacial score (nSPS) is 18.8. The summed E-state index contributed by atoms with van der Waals surface area (Å²) < 4.78 is 34.3. The lowest BCUT2D eigenvalue weighted by Crippen LogP contribution is -2.44. The largest absolute Gasteiger partial charge is 0.468 e. The second-order valence-corrected chi connectivity index (χ2v) is 6.93. The van der Waals surface area contributed by atoms with Crippen molar-refractivity contribution in [1.29, 1.82) is 0 Å². The molecule has 1 saturated heterocycles. The third kappa shape index (κ3) is 4.31. The summed E-state index contributed by atoms with van der Waals surface area (Å²) in [5, 5.41) is 0. The van der Waals surface area contributed by atoms with Gasteiger partial charge < -0.3 is 4.42 Å². The van der Waals surface area contributed by atoms with E-state index >= 15 is 0 Å². The minimum absolute atomic E-state index is 0.0452. The number of furan rings is 1. The monoisotopic (exact) mass is 301 g/mol. The molecule has 1 unspecified atom stereocenters. The highest BCUT2D eigenvalue weighted by molar-refractivity contribution is 7.87. The van der Waals surface area contributed by atoms with Crippen LogP contribution in [0.4, 0.5) is 0 Å². The van der Waals surface area contributed by atoms with Gasteiger partial charge in [-0.15, -0.1) is 0 Å². The quantitative estimate of drug-likeness (QED) is 0.795. The van der Waals surface area contributed by atoms with Crippen molar-refractivity contribution in [2.24, 2.45) is 0 Å². The molecule has 1 atom stereocenters. The molecule has 1 fully saturated rings. The summed E-state index contributed by atoms with van der Waals surface area (Å²) in [6, 6.07) is 3.56. The molecule has 0 radical (unpaired) electrons. The van der Waals surface area contributed by atoms with Crippen LogP contribution in [-0.4, -0.2) is 39.0 Å². The van der Waals surface area contributed by atoms with Crippen LogP contribution >= 0.6 is 0 Å². The molecule has 0 saturated carbocycles. The summed E-state index contributed by atoms with van der Waals surface area (Å²) in [7, 11) is -3.46. The van der Waals surface area contributed by atoms with Crippen molar-refractivity contribution in [3.05, 3.63) is 24.2 Å². The van der Waals surface area contributed by atoms with Crippen LogP contribution in [-0.2, 0) is 10.2 Å². The molecule has 0 aliphatic carbocycles. The van der Waals surface area contributed by atoms with Crippen molar-refractivity contribution >= 4 is 10.2 Å². The molecule has 114 valence electrons. The van der Waals surface area contributed by atoms with E-state index in [0.717, 1.165) is 31.7 Å². The molecule has 6 nitrogen and oxygen atoms in total. The SMILES string of the molecule is CC(C)NS(=O)(=O)NCC(c1ccco1)N1CCCC1. The molecule has 1 aliphatic heterocycles. The number of likely N-dealkylation sites (tertiary alicyclic amines) is 1. The van der Waals surface area contributed by atoms with Crippen molar-refractivity contribution in [3.63, 3.8) is 0 Å². The van der Waals surface area contributed by atoms with Gasteiger partial charge in [0.15, 0.2) is 0 Å². The first kappa shape index (κ1) is 15.5. The van der Waals surface area contributed by atoms with Crippen molar-refractivity contribution in [3.8, 4) is 0 Å². The number of rotatable bonds is 7. The molecule has 0 spiro atoms. The van der Waals surface area contributed by atoms with E-state index < -0.39 is 10.2 Å². The lowest BCUT2D eigenvalue weighted by Gasteiger charge is -2.26. The van der Waals surface area contributed by atoms with E-state index in [-0.39, 0.29) is 12.1 Å². The molecule has 2 rings (SSSR count). The van der Waals surface area contributed by atoms with Crippen LogP contribution in [0, 0.1) is 0 Å².